The Kier molecular flexibility index (Phi) is 12.1. The van der Waals surface area contributed by atoms with Gasteiger partial charge in [-0.25, -0.2) is 0 Å². The maximum atomic E-state index is 14.7. The van der Waals surface area contributed by atoms with E-state index in [1.165, 1.54) is 32.0 Å². The van der Waals surface area contributed by atoms with E-state index in [2.05, 4.69) is 10.6 Å². The van der Waals surface area contributed by atoms with E-state index < -0.39 is 54.0 Å². The second kappa shape index (κ2) is 14.8. The van der Waals surface area contributed by atoms with Crippen LogP contribution in [0.1, 0.15) is 32.8 Å². The fourth-order valence-corrected chi connectivity index (χ4v) is 4.01. The SMILES string of the molecule is CCCNC(=O)C(F)(F)C(=O)[C@@H](NC(=O)[C@H](Cc1ccccc1)NC(=O)COc1cc(Cl)cc(Cl)c1)C(C)C. The van der Waals surface area contributed by atoms with Gasteiger partial charge in [-0.2, -0.15) is 8.78 Å². The third-order valence-corrected chi connectivity index (χ3v) is 5.95. The Balaban J connectivity index is 2.20. The molecule has 2 atom stereocenters. The van der Waals surface area contributed by atoms with Crippen LogP contribution in [0.5, 0.6) is 5.75 Å². The summed E-state index contributed by atoms with van der Waals surface area (Å²) >= 11 is 11.9. The van der Waals surface area contributed by atoms with Gasteiger partial charge in [-0.3, -0.25) is 19.2 Å². The highest BCUT2D eigenvalue weighted by Crippen LogP contribution is 2.24. The summed E-state index contributed by atoms with van der Waals surface area (Å²) in [5.41, 5.74) is 0.664. The smallest absolute Gasteiger partial charge is 0.383 e. The predicted octanol–water partition coefficient (Wildman–Crippen LogP) is 3.97. The fourth-order valence-electron chi connectivity index (χ4n) is 3.50. The van der Waals surface area contributed by atoms with Crippen molar-refractivity contribution in [2.45, 2.75) is 51.6 Å². The van der Waals surface area contributed by atoms with Crippen LogP contribution in [0, 0.1) is 5.92 Å². The van der Waals surface area contributed by atoms with E-state index in [9.17, 15) is 28.0 Å². The van der Waals surface area contributed by atoms with Gasteiger partial charge in [0.25, 0.3) is 11.8 Å². The molecular formula is C27H31Cl2F2N3O5. The van der Waals surface area contributed by atoms with Crippen LogP contribution in [0.15, 0.2) is 48.5 Å². The Morgan fingerprint density at radius 3 is 2.15 bits per heavy atom. The molecule has 0 heterocycles. The number of hydrogen-bond donors (Lipinski definition) is 3. The molecular weight excluding hydrogens is 555 g/mol. The molecule has 0 fully saturated rings. The number of carbonyl (C=O) groups is 4. The molecule has 3 amide bonds. The number of halogens is 4. The summed E-state index contributed by atoms with van der Waals surface area (Å²) in [6, 6.07) is 10.1. The Morgan fingerprint density at radius 2 is 1.59 bits per heavy atom. The zero-order valence-corrected chi connectivity index (χ0v) is 23.2. The Labute approximate surface area is 235 Å². The molecule has 212 valence electrons. The van der Waals surface area contributed by atoms with E-state index in [1.807, 2.05) is 5.32 Å². The van der Waals surface area contributed by atoms with Crippen molar-refractivity contribution >= 4 is 46.7 Å². The molecule has 0 aliphatic carbocycles. The van der Waals surface area contributed by atoms with Gasteiger partial charge in [-0.05, 0) is 36.1 Å². The highest BCUT2D eigenvalue weighted by molar-refractivity contribution is 6.34. The Bertz CT molecular complexity index is 1150. The van der Waals surface area contributed by atoms with Gasteiger partial charge >= 0.3 is 5.92 Å². The first kappa shape index (κ1) is 32.0. The average molecular weight is 586 g/mol. The van der Waals surface area contributed by atoms with Gasteiger partial charge in [-0.1, -0.05) is 74.3 Å². The number of ether oxygens (including phenoxy) is 1. The lowest BCUT2D eigenvalue weighted by Gasteiger charge is -2.27. The second-order valence-corrected chi connectivity index (χ2v) is 10.0. The number of amides is 3. The van der Waals surface area contributed by atoms with Gasteiger partial charge in [0.2, 0.25) is 11.7 Å². The number of carbonyl (C=O) groups excluding carboxylic acids is 4. The van der Waals surface area contributed by atoms with Crippen LogP contribution >= 0.6 is 23.2 Å². The molecule has 0 aliphatic rings. The number of ketones is 1. The quantitative estimate of drug-likeness (QED) is 0.290. The molecule has 3 N–H and O–H groups in total. The van der Waals surface area contributed by atoms with Crippen LogP contribution in [0.4, 0.5) is 8.78 Å². The molecule has 0 aromatic heterocycles. The third-order valence-electron chi connectivity index (χ3n) is 5.52. The molecule has 0 saturated heterocycles. The summed E-state index contributed by atoms with van der Waals surface area (Å²) in [7, 11) is 0. The second-order valence-electron chi connectivity index (χ2n) is 9.13. The Hall–Kier alpha value is -3.24. The zero-order chi connectivity index (χ0) is 29.2. The van der Waals surface area contributed by atoms with Gasteiger partial charge in [0, 0.05) is 23.0 Å². The molecule has 39 heavy (non-hydrogen) atoms. The van der Waals surface area contributed by atoms with Crippen molar-refractivity contribution in [1.82, 2.24) is 16.0 Å². The van der Waals surface area contributed by atoms with Gasteiger partial charge in [-0.15, -0.1) is 0 Å². The number of Topliss-reactive ketones (excluding diaryl/α,β-unsaturated/α-hetero) is 1. The van der Waals surface area contributed by atoms with Crippen LogP contribution in [-0.2, 0) is 25.6 Å². The third kappa shape index (κ3) is 9.78. The summed E-state index contributed by atoms with van der Waals surface area (Å²) in [4.78, 5) is 50.6. The molecule has 2 rings (SSSR count). The number of benzene rings is 2. The van der Waals surface area contributed by atoms with E-state index in [-0.39, 0.29) is 18.7 Å². The number of nitrogens with one attached hydrogen (secondary N) is 3. The lowest BCUT2D eigenvalue weighted by Crippen LogP contribution is -2.59. The molecule has 0 saturated carbocycles. The van der Waals surface area contributed by atoms with E-state index in [4.69, 9.17) is 27.9 Å². The lowest BCUT2D eigenvalue weighted by atomic mass is 9.94. The predicted molar refractivity (Wildman–Crippen MR) is 144 cm³/mol. The summed E-state index contributed by atoms with van der Waals surface area (Å²) in [6.07, 6.45) is 0.392. The highest BCUT2D eigenvalue weighted by Gasteiger charge is 2.51. The molecule has 0 unspecified atom stereocenters. The minimum Gasteiger partial charge on any atom is -0.484 e. The van der Waals surface area contributed by atoms with Crippen molar-refractivity contribution in [2.75, 3.05) is 13.2 Å². The van der Waals surface area contributed by atoms with Crippen molar-refractivity contribution in [3.8, 4) is 5.75 Å². The molecule has 2 aromatic carbocycles. The van der Waals surface area contributed by atoms with E-state index in [0.29, 0.717) is 22.0 Å². The van der Waals surface area contributed by atoms with Crippen LogP contribution in [0.3, 0.4) is 0 Å². The summed E-state index contributed by atoms with van der Waals surface area (Å²) in [5.74, 6) is -9.97. The normalized spacial score (nSPS) is 12.8. The maximum absolute atomic E-state index is 14.7. The maximum Gasteiger partial charge on any atom is 0.383 e. The van der Waals surface area contributed by atoms with Crippen molar-refractivity contribution in [1.29, 1.82) is 0 Å². The minimum atomic E-state index is -4.36. The molecule has 12 heteroatoms. The van der Waals surface area contributed by atoms with Crippen molar-refractivity contribution in [3.63, 3.8) is 0 Å². The van der Waals surface area contributed by atoms with Crippen molar-refractivity contribution < 1.29 is 32.7 Å². The first-order valence-electron chi connectivity index (χ1n) is 12.3. The van der Waals surface area contributed by atoms with E-state index >= 15 is 0 Å². The molecule has 2 aromatic rings. The first-order chi connectivity index (χ1) is 18.3. The van der Waals surface area contributed by atoms with Gasteiger partial charge < -0.3 is 20.7 Å². The molecule has 0 radical (unpaired) electrons. The molecule has 8 nitrogen and oxygen atoms in total. The fraction of sp³-hybridized carbons (Fsp3) is 0.407. The van der Waals surface area contributed by atoms with Crippen molar-refractivity contribution in [3.05, 3.63) is 64.1 Å². The van der Waals surface area contributed by atoms with Gasteiger partial charge in [0.15, 0.2) is 6.61 Å². The average Bonchev–Trinajstić information content (AvgIpc) is 2.88. The first-order valence-corrected chi connectivity index (χ1v) is 13.0. The van der Waals surface area contributed by atoms with Gasteiger partial charge in [0.05, 0.1) is 6.04 Å². The summed E-state index contributed by atoms with van der Waals surface area (Å²) in [6.45, 7) is 4.05. The largest absolute Gasteiger partial charge is 0.484 e. The van der Waals surface area contributed by atoms with Crippen LogP contribution < -0.4 is 20.7 Å². The van der Waals surface area contributed by atoms with Crippen LogP contribution in [0.25, 0.3) is 0 Å². The number of hydrogen-bond acceptors (Lipinski definition) is 5. The minimum absolute atomic E-state index is 0.00616. The van der Waals surface area contributed by atoms with Crippen LogP contribution in [0.2, 0.25) is 10.0 Å². The highest BCUT2D eigenvalue weighted by atomic mass is 35.5. The number of rotatable bonds is 14. The standard InChI is InChI=1S/C27H31Cl2F2N3O5/c1-4-10-32-26(38)27(30,31)24(36)23(16(2)3)34-25(37)21(11-17-8-6-5-7-9-17)33-22(35)15-39-20-13-18(28)12-19(29)14-20/h5-9,12-14,16,21,23H,4,10-11,15H2,1-3H3,(H,32,38)(H,33,35)(H,34,37)/t21-,23-/m0/s1. The molecule has 0 aliphatic heterocycles. The van der Waals surface area contributed by atoms with E-state index in [1.54, 1.807) is 37.3 Å². The lowest BCUT2D eigenvalue weighted by molar-refractivity contribution is -0.161. The molecule has 0 spiro atoms. The van der Waals surface area contributed by atoms with E-state index in [0.717, 1.165) is 0 Å². The van der Waals surface area contributed by atoms with Crippen LogP contribution in [-0.4, -0.2) is 54.7 Å². The molecule has 0 bridgehead atoms. The van der Waals surface area contributed by atoms with Crippen molar-refractivity contribution in [2.24, 2.45) is 5.92 Å². The Morgan fingerprint density at radius 1 is 0.974 bits per heavy atom. The van der Waals surface area contributed by atoms with Gasteiger partial charge in [0.1, 0.15) is 11.8 Å². The summed E-state index contributed by atoms with van der Waals surface area (Å²) in [5, 5.41) is 7.42. The monoisotopic (exact) mass is 585 g/mol. The topological polar surface area (TPSA) is 114 Å². The zero-order valence-electron chi connectivity index (χ0n) is 21.7. The number of alkyl halides is 2. The summed E-state index contributed by atoms with van der Waals surface area (Å²) < 4.78 is 34.7.